The third kappa shape index (κ3) is 7.11. The lowest BCUT2D eigenvalue weighted by Crippen LogP contribution is -2.25. The number of anilines is 1. The third-order valence-corrected chi connectivity index (χ3v) is 3.28. The lowest BCUT2D eigenvalue weighted by Gasteiger charge is -2.07. The van der Waals surface area contributed by atoms with Gasteiger partial charge in [-0.3, -0.25) is 15.5 Å². The van der Waals surface area contributed by atoms with Crippen molar-refractivity contribution in [1.29, 1.82) is 5.41 Å². The van der Waals surface area contributed by atoms with Crippen LogP contribution < -0.4 is 21.7 Å². The van der Waals surface area contributed by atoms with Gasteiger partial charge in [0.1, 0.15) is 0 Å². The van der Waals surface area contributed by atoms with E-state index in [0.717, 1.165) is 31.2 Å². The van der Waals surface area contributed by atoms with Crippen LogP contribution in [-0.4, -0.2) is 29.5 Å². The predicted molar refractivity (Wildman–Crippen MR) is 82.7 cm³/mol. The Morgan fingerprint density at radius 3 is 3.00 bits per heavy atom. The predicted octanol–water partition coefficient (Wildman–Crippen LogP) is 0.656. The summed E-state index contributed by atoms with van der Waals surface area (Å²) in [4.78, 5) is 14.1. The van der Waals surface area contributed by atoms with E-state index in [1.807, 2.05) is 5.38 Å². The van der Waals surface area contributed by atoms with Crippen LogP contribution in [0.25, 0.3) is 0 Å². The van der Waals surface area contributed by atoms with Crippen molar-refractivity contribution in [3.05, 3.63) is 33.2 Å². The molecule has 0 bridgehead atoms. The Kier molecular flexibility index (Phi) is 6.95. The summed E-state index contributed by atoms with van der Waals surface area (Å²) >= 11 is 1.40. The average Bonchev–Trinajstić information content (AvgIpc) is 2.83. The van der Waals surface area contributed by atoms with Crippen LogP contribution >= 0.6 is 11.3 Å². The van der Waals surface area contributed by atoms with Gasteiger partial charge in [0.05, 0.1) is 10.6 Å². The molecule has 1 rings (SSSR count). The first kappa shape index (κ1) is 16.7. The Hall–Kier alpha value is -2.36. The summed E-state index contributed by atoms with van der Waals surface area (Å²) in [5.41, 5.74) is 6.16. The van der Waals surface area contributed by atoms with Crippen LogP contribution in [0.5, 0.6) is 0 Å². The monoisotopic (exact) mass is 313 g/mol. The molecule has 0 aliphatic rings. The van der Waals surface area contributed by atoms with Crippen molar-refractivity contribution in [2.75, 3.05) is 18.9 Å². The topological polar surface area (TPSA) is 142 Å². The molecule has 0 saturated heterocycles. The standard InChI is InChI=1S/C11H19N7O2S/c1-14-9(6-18(19)20)15-5-3-2-4-8-7-21-11(16-8)17-10(12)13/h6-7,14-15H,2-5H2,1H3,(H4,12,13,16,17). The van der Waals surface area contributed by atoms with E-state index in [0.29, 0.717) is 17.5 Å². The van der Waals surface area contributed by atoms with E-state index in [-0.39, 0.29) is 5.96 Å². The lowest BCUT2D eigenvalue weighted by atomic mass is 10.2. The van der Waals surface area contributed by atoms with Gasteiger partial charge in [-0.15, -0.1) is 11.3 Å². The second-order valence-corrected chi connectivity index (χ2v) is 5.00. The number of nitrogens with two attached hydrogens (primary N) is 1. The SMILES string of the molecule is CNC(=C[N+](=O)[O-])NCCCCc1csc(NC(=N)N)n1. The number of nitrogens with zero attached hydrogens (tertiary/aromatic N) is 2. The van der Waals surface area contributed by atoms with Gasteiger partial charge in [-0.1, -0.05) is 0 Å². The normalized spacial score (nSPS) is 11.0. The van der Waals surface area contributed by atoms with Crippen molar-refractivity contribution in [1.82, 2.24) is 15.6 Å². The highest BCUT2D eigenvalue weighted by Crippen LogP contribution is 2.16. The Labute approximate surface area is 126 Å². The molecule has 21 heavy (non-hydrogen) atoms. The highest BCUT2D eigenvalue weighted by molar-refractivity contribution is 7.13. The maximum absolute atomic E-state index is 10.3. The van der Waals surface area contributed by atoms with E-state index in [4.69, 9.17) is 11.1 Å². The quantitative estimate of drug-likeness (QED) is 0.148. The minimum absolute atomic E-state index is 0.128. The van der Waals surface area contributed by atoms with Gasteiger partial charge in [0.15, 0.2) is 16.9 Å². The van der Waals surface area contributed by atoms with Gasteiger partial charge in [0, 0.05) is 19.0 Å². The van der Waals surface area contributed by atoms with Crippen LogP contribution in [0.15, 0.2) is 17.4 Å². The molecule has 0 radical (unpaired) electrons. The number of hydrogen-bond donors (Lipinski definition) is 5. The molecule has 0 saturated carbocycles. The zero-order chi connectivity index (χ0) is 15.7. The fourth-order valence-electron chi connectivity index (χ4n) is 1.55. The Balaban J connectivity index is 2.23. The Bertz CT molecular complexity index is 514. The van der Waals surface area contributed by atoms with Gasteiger partial charge in [-0.05, 0) is 19.3 Å². The summed E-state index contributed by atoms with van der Waals surface area (Å²) in [6.45, 7) is 0.642. The number of nitro groups is 1. The molecule has 10 heteroatoms. The van der Waals surface area contributed by atoms with Crippen molar-refractivity contribution in [3.63, 3.8) is 0 Å². The zero-order valence-corrected chi connectivity index (χ0v) is 12.5. The number of guanidine groups is 1. The van der Waals surface area contributed by atoms with Crippen molar-refractivity contribution in [2.45, 2.75) is 19.3 Å². The number of rotatable bonds is 9. The van der Waals surface area contributed by atoms with E-state index < -0.39 is 4.92 Å². The minimum atomic E-state index is -0.502. The number of aromatic nitrogens is 1. The molecule has 1 heterocycles. The molecule has 6 N–H and O–H groups in total. The van der Waals surface area contributed by atoms with Crippen molar-refractivity contribution < 1.29 is 4.92 Å². The molecular weight excluding hydrogens is 294 g/mol. The summed E-state index contributed by atoms with van der Waals surface area (Å²) in [5.74, 6) is 0.263. The minimum Gasteiger partial charge on any atom is -0.370 e. The van der Waals surface area contributed by atoms with Crippen molar-refractivity contribution in [3.8, 4) is 0 Å². The average molecular weight is 313 g/mol. The molecule has 0 fully saturated rings. The van der Waals surface area contributed by atoms with Gasteiger partial charge in [-0.25, -0.2) is 4.98 Å². The maximum atomic E-state index is 10.3. The summed E-state index contributed by atoms with van der Waals surface area (Å²) in [7, 11) is 1.63. The molecule has 0 aliphatic heterocycles. The molecule has 9 nitrogen and oxygen atoms in total. The molecule has 0 atom stereocenters. The van der Waals surface area contributed by atoms with Crippen molar-refractivity contribution in [2.24, 2.45) is 5.73 Å². The molecule has 0 amide bonds. The molecule has 1 aromatic rings. The Morgan fingerprint density at radius 2 is 2.38 bits per heavy atom. The first-order valence-electron chi connectivity index (χ1n) is 6.33. The number of thiazole rings is 1. The van der Waals surface area contributed by atoms with E-state index in [1.165, 1.54) is 11.3 Å². The lowest BCUT2D eigenvalue weighted by molar-refractivity contribution is -0.404. The third-order valence-electron chi connectivity index (χ3n) is 2.47. The highest BCUT2D eigenvalue weighted by atomic mass is 32.1. The van der Waals surface area contributed by atoms with Crippen LogP contribution in [0.1, 0.15) is 18.5 Å². The number of hydrogen-bond acceptors (Lipinski definition) is 7. The summed E-state index contributed by atoms with van der Waals surface area (Å²) in [5, 5.41) is 28.3. The van der Waals surface area contributed by atoms with Gasteiger partial charge < -0.3 is 21.7 Å². The van der Waals surface area contributed by atoms with Crippen molar-refractivity contribution >= 4 is 22.4 Å². The Morgan fingerprint density at radius 1 is 1.62 bits per heavy atom. The number of unbranched alkanes of at least 4 members (excludes halogenated alkanes) is 1. The molecule has 0 aromatic carbocycles. The van der Waals surface area contributed by atoms with E-state index in [2.05, 4.69) is 20.9 Å². The molecule has 0 spiro atoms. The van der Waals surface area contributed by atoms with Crippen LogP contribution in [0.3, 0.4) is 0 Å². The van der Waals surface area contributed by atoms with E-state index >= 15 is 0 Å². The van der Waals surface area contributed by atoms with Crippen LogP contribution in [0, 0.1) is 15.5 Å². The zero-order valence-electron chi connectivity index (χ0n) is 11.7. The first-order valence-corrected chi connectivity index (χ1v) is 7.21. The van der Waals surface area contributed by atoms with Gasteiger partial charge in [0.25, 0.3) is 6.20 Å². The van der Waals surface area contributed by atoms with Crippen LogP contribution in [0.2, 0.25) is 0 Å². The number of aryl methyl sites for hydroxylation is 1. The van der Waals surface area contributed by atoms with E-state index in [9.17, 15) is 10.1 Å². The molecular formula is C11H19N7O2S. The fraction of sp³-hybridized carbons (Fsp3) is 0.455. The second kappa shape index (κ2) is 8.74. The molecule has 0 aliphatic carbocycles. The summed E-state index contributed by atoms with van der Waals surface area (Å²) in [6.07, 6.45) is 3.49. The molecule has 116 valence electrons. The second-order valence-electron chi connectivity index (χ2n) is 4.14. The molecule has 1 aromatic heterocycles. The smallest absolute Gasteiger partial charge is 0.274 e. The van der Waals surface area contributed by atoms with Crippen LogP contribution in [0.4, 0.5) is 5.13 Å². The summed E-state index contributed by atoms with van der Waals surface area (Å²) in [6, 6.07) is 0. The fourth-order valence-corrected chi connectivity index (χ4v) is 2.31. The van der Waals surface area contributed by atoms with Gasteiger partial charge in [-0.2, -0.15) is 0 Å². The summed E-state index contributed by atoms with van der Waals surface area (Å²) < 4.78 is 0. The van der Waals surface area contributed by atoms with Crippen LogP contribution in [-0.2, 0) is 6.42 Å². The van der Waals surface area contributed by atoms with Gasteiger partial charge >= 0.3 is 0 Å². The largest absolute Gasteiger partial charge is 0.370 e. The first-order chi connectivity index (χ1) is 10.0. The molecule has 0 unspecified atom stereocenters. The maximum Gasteiger partial charge on any atom is 0.274 e. The highest BCUT2D eigenvalue weighted by Gasteiger charge is 2.03. The number of nitrogens with one attached hydrogen (secondary N) is 4. The van der Waals surface area contributed by atoms with Gasteiger partial charge in [0.2, 0.25) is 0 Å². The van der Waals surface area contributed by atoms with E-state index in [1.54, 1.807) is 7.05 Å².